The number of morpholine rings is 1. The summed E-state index contributed by atoms with van der Waals surface area (Å²) in [6.45, 7) is 12.1. The van der Waals surface area contributed by atoms with E-state index in [1.165, 1.54) is 5.56 Å². The van der Waals surface area contributed by atoms with Gasteiger partial charge in [-0.1, -0.05) is 0 Å². The molecule has 2 aliphatic heterocycles. The Kier molecular flexibility index (Phi) is 6.29. The van der Waals surface area contributed by atoms with E-state index < -0.39 is 0 Å². The fourth-order valence-electron chi connectivity index (χ4n) is 3.48. The predicted molar refractivity (Wildman–Crippen MR) is 110 cm³/mol. The first-order valence-corrected chi connectivity index (χ1v) is 10.4. The third-order valence-electron chi connectivity index (χ3n) is 4.76. The number of thioether (sulfide) groups is 1. The molecule has 26 heavy (non-hydrogen) atoms. The molecule has 2 aliphatic rings. The zero-order valence-corrected chi connectivity index (χ0v) is 17.2. The molecule has 0 saturated carbocycles. The molecule has 3 rings (SSSR count). The monoisotopic (exact) mass is 377 g/mol. The minimum atomic E-state index is 0.256. The van der Waals surface area contributed by atoms with Crippen LogP contribution in [-0.2, 0) is 11.3 Å². The molecule has 1 aromatic heterocycles. The molecule has 6 nitrogen and oxygen atoms in total. The highest BCUT2D eigenvalue weighted by Gasteiger charge is 2.28. The van der Waals surface area contributed by atoms with Gasteiger partial charge in [0, 0.05) is 56.5 Å². The lowest BCUT2D eigenvalue weighted by molar-refractivity contribution is 0.0529. The maximum Gasteiger partial charge on any atom is 0.193 e. The molecule has 1 unspecified atom stereocenters. The summed E-state index contributed by atoms with van der Waals surface area (Å²) in [5, 5.41) is 3.53. The van der Waals surface area contributed by atoms with Crippen molar-refractivity contribution >= 4 is 23.5 Å². The zero-order chi connectivity index (χ0) is 18.6. The summed E-state index contributed by atoms with van der Waals surface area (Å²) in [5.41, 5.74) is 1.22. The first-order chi connectivity index (χ1) is 12.5. The van der Waals surface area contributed by atoms with E-state index in [1.807, 2.05) is 25.0 Å². The molecule has 7 heteroatoms. The highest BCUT2D eigenvalue weighted by Crippen LogP contribution is 2.29. The summed E-state index contributed by atoms with van der Waals surface area (Å²) >= 11 is 2.04. The second kappa shape index (κ2) is 8.48. The number of rotatable bonds is 3. The minimum Gasteiger partial charge on any atom is -0.375 e. The molecule has 2 fully saturated rings. The van der Waals surface area contributed by atoms with Crippen LogP contribution < -0.4 is 10.2 Å². The molecule has 1 N–H and O–H groups in total. The molecular formula is C19H31N5OS. The molecule has 0 amide bonds. The lowest BCUT2D eigenvalue weighted by Gasteiger charge is -2.39. The Bertz CT molecular complexity index is 636. The van der Waals surface area contributed by atoms with Crippen molar-refractivity contribution in [2.24, 2.45) is 4.99 Å². The lowest BCUT2D eigenvalue weighted by Crippen LogP contribution is -2.50. The van der Waals surface area contributed by atoms with Crippen molar-refractivity contribution in [3.8, 4) is 0 Å². The fourth-order valence-corrected chi connectivity index (χ4v) is 4.59. The van der Waals surface area contributed by atoms with Crippen molar-refractivity contribution < 1.29 is 4.74 Å². The summed E-state index contributed by atoms with van der Waals surface area (Å²) in [7, 11) is 1.87. The maximum absolute atomic E-state index is 5.63. The molecule has 0 bridgehead atoms. The van der Waals surface area contributed by atoms with Gasteiger partial charge in [-0.3, -0.25) is 4.99 Å². The van der Waals surface area contributed by atoms with Crippen LogP contribution in [0, 0.1) is 0 Å². The average Bonchev–Trinajstić information content (AvgIpc) is 2.62. The third kappa shape index (κ3) is 5.04. The topological polar surface area (TPSA) is 53.0 Å². The largest absolute Gasteiger partial charge is 0.375 e. The van der Waals surface area contributed by atoms with Crippen molar-refractivity contribution in [2.45, 2.75) is 38.2 Å². The summed E-state index contributed by atoms with van der Waals surface area (Å²) in [4.78, 5) is 13.7. The number of aromatic nitrogens is 1. The highest BCUT2D eigenvalue weighted by molar-refractivity contribution is 8.00. The minimum absolute atomic E-state index is 0.256. The number of anilines is 1. The number of ether oxygens (including phenoxy) is 1. The van der Waals surface area contributed by atoms with Crippen LogP contribution in [0.2, 0.25) is 0 Å². The molecule has 1 aromatic rings. The van der Waals surface area contributed by atoms with Crippen LogP contribution in [0.25, 0.3) is 0 Å². The van der Waals surface area contributed by atoms with Crippen LogP contribution in [0.15, 0.2) is 23.3 Å². The Morgan fingerprint density at radius 2 is 2.31 bits per heavy atom. The molecular weight excluding hydrogens is 346 g/mol. The van der Waals surface area contributed by atoms with Crippen LogP contribution in [0.4, 0.5) is 5.82 Å². The molecule has 0 aliphatic carbocycles. The number of pyridine rings is 1. The van der Waals surface area contributed by atoms with Crippen LogP contribution in [0.1, 0.15) is 26.3 Å². The second-order valence-electron chi connectivity index (χ2n) is 7.58. The maximum atomic E-state index is 5.63. The van der Waals surface area contributed by atoms with E-state index >= 15 is 0 Å². The summed E-state index contributed by atoms with van der Waals surface area (Å²) in [6.07, 6.45) is 2.15. The van der Waals surface area contributed by atoms with Crippen LogP contribution in [-0.4, -0.2) is 72.3 Å². The van der Waals surface area contributed by atoms with Gasteiger partial charge in [0.1, 0.15) is 5.82 Å². The van der Waals surface area contributed by atoms with Crippen LogP contribution in [0.3, 0.4) is 0 Å². The molecule has 1 atom stereocenters. The van der Waals surface area contributed by atoms with Gasteiger partial charge in [0.15, 0.2) is 5.96 Å². The summed E-state index contributed by atoms with van der Waals surface area (Å²) in [6, 6.07) is 4.25. The highest BCUT2D eigenvalue weighted by atomic mass is 32.2. The van der Waals surface area contributed by atoms with Gasteiger partial charge in [0.2, 0.25) is 0 Å². The van der Waals surface area contributed by atoms with E-state index in [0.717, 1.165) is 56.9 Å². The first-order valence-electron chi connectivity index (χ1n) is 9.38. The van der Waals surface area contributed by atoms with E-state index in [4.69, 9.17) is 4.74 Å². The normalized spacial score (nSPS) is 23.8. The Labute approximate surface area is 161 Å². The van der Waals surface area contributed by atoms with E-state index in [2.05, 4.69) is 58.0 Å². The number of nitrogens with one attached hydrogen (secondary N) is 1. The van der Waals surface area contributed by atoms with Crippen molar-refractivity contribution in [1.82, 2.24) is 15.2 Å². The van der Waals surface area contributed by atoms with Crippen molar-refractivity contribution in [1.29, 1.82) is 0 Å². The molecule has 0 radical (unpaired) electrons. The molecule has 0 spiro atoms. The third-order valence-corrected chi connectivity index (χ3v) is 6.06. The Hall–Kier alpha value is -1.47. The number of nitrogens with zero attached hydrogens (tertiary/aromatic N) is 4. The number of hydrogen-bond donors (Lipinski definition) is 1. The van der Waals surface area contributed by atoms with Gasteiger partial charge < -0.3 is 19.9 Å². The summed E-state index contributed by atoms with van der Waals surface area (Å²) < 4.78 is 5.90. The number of hydrogen-bond acceptors (Lipinski definition) is 5. The number of aliphatic imine (C=N–C) groups is 1. The van der Waals surface area contributed by atoms with Crippen LogP contribution >= 0.6 is 11.8 Å². The Balaban J connectivity index is 1.61. The smallest absolute Gasteiger partial charge is 0.193 e. The van der Waals surface area contributed by atoms with E-state index in [-0.39, 0.29) is 10.9 Å². The number of guanidine groups is 1. The SMILES string of the molecule is CN=C(NCc1ccnc(N2CCOC(C)C2)c1)N1CCSC(C)(C)C1. The van der Waals surface area contributed by atoms with Gasteiger partial charge in [-0.25, -0.2) is 4.98 Å². The van der Waals surface area contributed by atoms with Gasteiger partial charge >= 0.3 is 0 Å². The van der Waals surface area contributed by atoms with Crippen molar-refractivity contribution in [2.75, 3.05) is 50.5 Å². The quantitative estimate of drug-likeness (QED) is 0.644. The van der Waals surface area contributed by atoms with Gasteiger partial charge in [-0.15, -0.1) is 0 Å². The van der Waals surface area contributed by atoms with Gasteiger partial charge in [-0.05, 0) is 38.5 Å². The lowest BCUT2D eigenvalue weighted by atomic mass is 10.2. The van der Waals surface area contributed by atoms with E-state index in [1.54, 1.807) is 0 Å². The predicted octanol–water partition coefficient (Wildman–Crippen LogP) is 2.21. The standard InChI is InChI=1S/C19H31N5OS/c1-15-13-23(7-9-25-15)17-11-16(5-6-21-17)12-22-18(20-4)24-8-10-26-19(2,3)14-24/h5-6,11,15H,7-10,12-14H2,1-4H3,(H,20,22). The van der Waals surface area contributed by atoms with Crippen molar-refractivity contribution in [3.63, 3.8) is 0 Å². The Morgan fingerprint density at radius 1 is 1.46 bits per heavy atom. The van der Waals surface area contributed by atoms with Crippen molar-refractivity contribution in [3.05, 3.63) is 23.9 Å². The van der Waals surface area contributed by atoms with E-state index in [0.29, 0.717) is 0 Å². The average molecular weight is 378 g/mol. The fraction of sp³-hybridized carbons (Fsp3) is 0.684. The van der Waals surface area contributed by atoms with Gasteiger partial charge in [-0.2, -0.15) is 11.8 Å². The van der Waals surface area contributed by atoms with Crippen LogP contribution in [0.5, 0.6) is 0 Å². The Morgan fingerprint density at radius 3 is 3.04 bits per heavy atom. The molecule has 0 aromatic carbocycles. The zero-order valence-electron chi connectivity index (χ0n) is 16.4. The molecule has 2 saturated heterocycles. The van der Waals surface area contributed by atoms with Gasteiger partial charge in [0.05, 0.1) is 12.7 Å². The van der Waals surface area contributed by atoms with E-state index in [9.17, 15) is 0 Å². The van der Waals surface area contributed by atoms with Gasteiger partial charge in [0.25, 0.3) is 0 Å². The molecule has 3 heterocycles. The second-order valence-corrected chi connectivity index (χ2v) is 9.38. The summed E-state index contributed by atoms with van der Waals surface area (Å²) in [5.74, 6) is 3.16. The first kappa shape index (κ1) is 19.3. The molecule has 144 valence electrons.